The molecule has 4 heteroatoms. The molecule has 0 aliphatic heterocycles. The molecule has 0 nitrogen and oxygen atoms in total. The van der Waals surface area contributed by atoms with Gasteiger partial charge in [0.15, 0.2) is 0 Å². The van der Waals surface area contributed by atoms with Gasteiger partial charge in [-0.05, 0) is 0 Å². The van der Waals surface area contributed by atoms with Crippen LogP contribution in [0.3, 0.4) is 0 Å². The van der Waals surface area contributed by atoms with Gasteiger partial charge in [-0.15, -0.1) is 0 Å². The minimum atomic E-state index is 0. The van der Waals surface area contributed by atoms with Crippen LogP contribution < -0.4 is 0 Å². The maximum absolute atomic E-state index is 0. The van der Waals surface area contributed by atoms with Crippen LogP contribution in [-0.4, -0.2) is 50.1 Å². The molecule has 0 aromatic heterocycles. The van der Waals surface area contributed by atoms with Crippen molar-refractivity contribution < 1.29 is 38.0 Å². The first-order valence-corrected chi connectivity index (χ1v) is 0. The first-order chi connectivity index (χ1) is 0. The zero-order valence-corrected chi connectivity index (χ0v) is 12.8. The van der Waals surface area contributed by atoms with Crippen molar-refractivity contribution in [3.8, 4) is 0 Å². The molecule has 0 rings (SSSR count). The summed E-state index contributed by atoms with van der Waals surface area (Å²) in [5.41, 5.74) is 0. The van der Waals surface area contributed by atoms with E-state index in [4.69, 9.17) is 0 Å². The van der Waals surface area contributed by atoms with E-state index in [2.05, 4.69) is 0 Å². The molecule has 0 bridgehead atoms. The smallest absolute Gasteiger partial charge is 0 e. The van der Waals surface area contributed by atoms with Crippen LogP contribution >= 0.6 is 0 Å². The summed E-state index contributed by atoms with van der Waals surface area (Å²) in [7, 11) is 0. The Labute approximate surface area is 86.6 Å². The van der Waals surface area contributed by atoms with E-state index >= 15 is 0 Å². The van der Waals surface area contributed by atoms with Crippen LogP contribution in [0, 0.1) is 0 Å². The summed E-state index contributed by atoms with van der Waals surface area (Å²) in [6, 6.07) is 0. The van der Waals surface area contributed by atoms with Gasteiger partial charge in [0.1, 0.15) is 0 Å². The maximum atomic E-state index is 0. The van der Waals surface area contributed by atoms with Crippen LogP contribution in [0.4, 0.5) is 0 Å². The predicted molar refractivity (Wildman–Crippen MR) is 11.5 cm³/mol. The van der Waals surface area contributed by atoms with Crippen molar-refractivity contribution in [3.63, 3.8) is 0 Å². The molecule has 4 heavy (non-hydrogen) atoms. The third-order valence-electron chi connectivity index (χ3n) is 0. The molecule has 0 spiro atoms. The van der Waals surface area contributed by atoms with Crippen LogP contribution in [0.1, 0.15) is 0 Å². The fourth-order valence-corrected chi connectivity index (χ4v) is 0. The molecule has 0 fully saturated rings. The SMILES string of the molecule is [Bi].[Sn].[V].[Zn]. The topological polar surface area (TPSA) is 0 Å². The Kier molecular flexibility index (Phi) is 121. The zero-order chi connectivity index (χ0) is 0. The molecule has 0 N–H and O–H groups in total. The van der Waals surface area contributed by atoms with Gasteiger partial charge in [-0.2, -0.15) is 0 Å². The summed E-state index contributed by atoms with van der Waals surface area (Å²) in [5, 5.41) is 0. The average molecular weight is 444 g/mol. The number of hydrogen-bond acceptors (Lipinski definition) is 0. The minimum absolute atomic E-state index is 0. The summed E-state index contributed by atoms with van der Waals surface area (Å²) in [5.74, 6) is 0. The number of rotatable bonds is 0. The van der Waals surface area contributed by atoms with Gasteiger partial charge in [0, 0.05) is 88.1 Å². The summed E-state index contributed by atoms with van der Waals surface area (Å²) in [4.78, 5) is 0. The van der Waals surface area contributed by atoms with E-state index in [0.717, 1.165) is 0 Å². The Morgan fingerprint density at radius 2 is 1.00 bits per heavy atom. The third kappa shape index (κ3) is 8.86. The fraction of sp³-hybridized carbons (Fsp3) is 0. The maximum Gasteiger partial charge on any atom is 0 e. The van der Waals surface area contributed by atoms with E-state index in [1.54, 1.807) is 0 Å². The second-order valence-corrected chi connectivity index (χ2v) is 0. The van der Waals surface area contributed by atoms with E-state index in [1.165, 1.54) is 0 Å². The summed E-state index contributed by atoms with van der Waals surface area (Å²) < 4.78 is 0. The van der Waals surface area contributed by atoms with E-state index in [0.29, 0.717) is 0 Å². The fourth-order valence-electron chi connectivity index (χ4n) is 0. The van der Waals surface area contributed by atoms with Gasteiger partial charge >= 0.3 is 0 Å². The molecule has 0 aromatic carbocycles. The monoisotopic (exact) mass is 444 g/mol. The average Bonchev–Trinajstić information content (AvgIpc) is 0. The molecule has 0 unspecified atom stereocenters. The normalized spacial score (nSPS) is 0. The van der Waals surface area contributed by atoms with Crippen LogP contribution in [0.25, 0.3) is 0 Å². The van der Waals surface area contributed by atoms with Gasteiger partial charge in [0.05, 0.1) is 0 Å². The van der Waals surface area contributed by atoms with E-state index in [-0.39, 0.29) is 88.1 Å². The van der Waals surface area contributed by atoms with Crippen LogP contribution in [0.5, 0.6) is 0 Å². The quantitative estimate of drug-likeness (QED) is 0.431. The summed E-state index contributed by atoms with van der Waals surface area (Å²) in [6.07, 6.45) is 0. The van der Waals surface area contributed by atoms with Crippen molar-refractivity contribution in [2.75, 3.05) is 0 Å². The molecule has 0 aliphatic rings. The summed E-state index contributed by atoms with van der Waals surface area (Å²) >= 11 is 0. The molecule has 0 heterocycles. The molecule has 0 aliphatic carbocycles. The molecule has 0 saturated heterocycles. The molecule has 0 amide bonds. The van der Waals surface area contributed by atoms with Gasteiger partial charge in [0.25, 0.3) is 0 Å². The molecule has 0 aromatic rings. The van der Waals surface area contributed by atoms with Crippen molar-refractivity contribution >= 4 is 50.1 Å². The Morgan fingerprint density at radius 3 is 1.00 bits per heavy atom. The summed E-state index contributed by atoms with van der Waals surface area (Å²) in [6.45, 7) is 0. The molecule has 8 radical (unpaired) electrons. The van der Waals surface area contributed by atoms with Gasteiger partial charge in [-0.1, -0.05) is 0 Å². The Bertz CT molecular complexity index is 8.00. The second-order valence-electron chi connectivity index (χ2n) is 0. The Morgan fingerprint density at radius 1 is 1.00 bits per heavy atom. The first-order valence-electron chi connectivity index (χ1n) is 0. The van der Waals surface area contributed by atoms with Crippen LogP contribution in [-0.2, 0) is 38.0 Å². The van der Waals surface area contributed by atoms with Gasteiger partial charge < -0.3 is 0 Å². The predicted octanol–water partition coefficient (Wildman–Crippen LogP) is -0.767. The minimum Gasteiger partial charge on any atom is 0 e. The first kappa shape index (κ1) is 28.6. The van der Waals surface area contributed by atoms with Gasteiger partial charge in [0.2, 0.25) is 0 Å². The van der Waals surface area contributed by atoms with Gasteiger partial charge in [-0.3, -0.25) is 0 Å². The van der Waals surface area contributed by atoms with E-state index in [9.17, 15) is 0 Å². The molecular formula is BiSnVZn. The van der Waals surface area contributed by atoms with E-state index < -0.39 is 0 Å². The van der Waals surface area contributed by atoms with Crippen LogP contribution in [0.15, 0.2) is 0 Å². The molecule has 16 valence electrons. The van der Waals surface area contributed by atoms with Crippen molar-refractivity contribution in [1.82, 2.24) is 0 Å². The third-order valence-corrected chi connectivity index (χ3v) is 0. The molecular weight excluding hydrogens is 444 g/mol. The standard InChI is InChI=1S/Bi.Sn.V.Zn. The van der Waals surface area contributed by atoms with E-state index in [1.807, 2.05) is 0 Å². The largest absolute Gasteiger partial charge is 0 e. The molecule has 0 atom stereocenters. The van der Waals surface area contributed by atoms with Crippen LogP contribution in [0.2, 0.25) is 0 Å². The number of hydrogen-bond donors (Lipinski definition) is 0. The Balaban J connectivity index is 0. The molecule has 0 saturated carbocycles. The second kappa shape index (κ2) is 16.9. The van der Waals surface area contributed by atoms with Crippen molar-refractivity contribution in [2.45, 2.75) is 0 Å². The van der Waals surface area contributed by atoms with Crippen molar-refractivity contribution in [1.29, 1.82) is 0 Å². The van der Waals surface area contributed by atoms with Crippen molar-refractivity contribution in [3.05, 3.63) is 0 Å². The van der Waals surface area contributed by atoms with Crippen molar-refractivity contribution in [2.24, 2.45) is 0 Å². The van der Waals surface area contributed by atoms with Gasteiger partial charge in [-0.25, -0.2) is 0 Å². The Hall–Kier alpha value is 2.89. The zero-order valence-electron chi connectivity index (χ0n) is 2.10.